The van der Waals surface area contributed by atoms with Gasteiger partial charge in [-0.3, -0.25) is 0 Å². The van der Waals surface area contributed by atoms with Crippen LogP contribution in [0.4, 0.5) is 0 Å². The van der Waals surface area contributed by atoms with Crippen LogP contribution in [0.5, 0.6) is 0 Å². The van der Waals surface area contributed by atoms with Crippen molar-refractivity contribution in [3.63, 3.8) is 0 Å². The Kier molecular flexibility index (Phi) is 5.66. The Morgan fingerprint density at radius 2 is 1.54 bits per heavy atom. The van der Waals surface area contributed by atoms with E-state index in [4.69, 9.17) is 4.74 Å². The molecule has 0 bridgehead atoms. The standard InChI is InChI=1S/C21H28GeO3S/c1-21(16-25-17-21)15-14-20(22(2,3)18-10-6-4-7-11-18)26(23,24)19-12-8-5-9-13-19/h4-13,20H,14-17H2,1-3H3. The van der Waals surface area contributed by atoms with Gasteiger partial charge in [-0.25, -0.2) is 0 Å². The Bertz CT molecular complexity index is 828. The molecule has 0 amide bonds. The van der Waals surface area contributed by atoms with Crippen LogP contribution in [0.2, 0.25) is 11.5 Å². The Balaban J connectivity index is 1.99. The second-order valence-electron chi connectivity index (χ2n) is 8.28. The number of ether oxygens (including phenoxy) is 1. The molecule has 0 aliphatic carbocycles. The van der Waals surface area contributed by atoms with Crippen LogP contribution >= 0.6 is 0 Å². The molecule has 0 aromatic heterocycles. The van der Waals surface area contributed by atoms with Crippen molar-refractivity contribution in [3.05, 3.63) is 60.7 Å². The summed E-state index contributed by atoms with van der Waals surface area (Å²) in [6, 6.07) is 19.2. The average molecular weight is 433 g/mol. The molecule has 2 aromatic carbocycles. The van der Waals surface area contributed by atoms with Gasteiger partial charge < -0.3 is 0 Å². The summed E-state index contributed by atoms with van der Waals surface area (Å²) in [6.45, 7) is 3.68. The molecule has 26 heavy (non-hydrogen) atoms. The van der Waals surface area contributed by atoms with Gasteiger partial charge in [0.05, 0.1) is 0 Å². The molecular formula is C21H28GeO3S. The van der Waals surface area contributed by atoms with E-state index in [1.807, 2.05) is 36.4 Å². The van der Waals surface area contributed by atoms with Gasteiger partial charge in [-0.1, -0.05) is 0 Å². The first-order chi connectivity index (χ1) is 12.3. The molecule has 1 fully saturated rings. The maximum atomic E-state index is 13.6. The van der Waals surface area contributed by atoms with Crippen molar-refractivity contribution in [2.24, 2.45) is 5.41 Å². The zero-order chi connectivity index (χ0) is 18.8. The first-order valence-electron chi connectivity index (χ1n) is 9.18. The molecule has 1 aliphatic heterocycles. The van der Waals surface area contributed by atoms with Crippen molar-refractivity contribution in [3.8, 4) is 0 Å². The monoisotopic (exact) mass is 434 g/mol. The summed E-state index contributed by atoms with van der Waals surface area (Å²) in [4.78, 5) is 0.453. The molecule has 1 heterocycles. The van der Waals surface area contributed by atoms with Gasteiger partial charge in [-0.15, -0.1) is 0 Å². The Labute approximate surface area is 160 Å². The van der Waals surface area contributed by atoms with Crippen molar-refractivity contribution < 1.29 is 13.2 Å². The van der Waals surface area contributed by atoms with Gasteiger partial charge in [0, 0.05) is 0 Å². The number of sulfone groups is 1. The maximum absolute atomic E-state index is 13.6. The fraction of sp³-hybridized carbons (Fsp3) is 0.429. The number of hydrogen-bond donors (Lipinski definition) is 0. The van der Waals surface area contributed by atoms with E-state index in [-0.39, 0.29) is 9.50 Å². The predicted octanol–water partition coefficient (Wildman–Crippen LogP) is 3.80. The molecule has 0 spiro atoms. The summed E-state index contributed by atoms with van der Waals surface area (Å²) in [6.07, 6.45) is 1.60. The second-order valence-corrected chi connectivity index (χ2v) is 21.2. The Hall–Kier alpha value is -1.11. The average Bonchev–Trinajstić information content (AvgIpc) is 2.61. The summed E-state index contributed by atoms with van der Waals surface area (Å²) < 4.78 is 33.5. The zero-order valence-corrected chi connectivity index (χ0v) is 18.7. The Morgan fingerprint density at radius 3 is 2.04 bits per heavy atom. The molecule has 0 radical (unpaired) electrons. The fourth-order valence-electron chi connectivity index (χ4n) is 3.81. The van der Waals surface area contributed by atoms with Crippen molar-refractivity contribution in [2.45, 2.75) is 40.3 Å². The van der Waals surface area contributed by atoms with E-state index in [0.717, 1.165) is 19.6 Å². The van der Waals surface area contributed by atoms with Gasteiger partial charge in [-0.2, -0.15) is 0 Å². The van der Waals surface area contributed by atoms with E-state index in [9.17, 15) is 8.42 Å². The molecule has 5 heteroatoms. The van der Waals surface area contributed by atoms with Gasteiger partial charge in [-0.05, 0) is 0 Å². The number of rotatable bonds is 7. The molecule has 2 aromatic rings. The SMILES string of the molecule is CC1(CC[CH](S(=O)(=O)c2ccccc2)[Ge]([CH3])([CH3])[c]2ccccc2)COC1. The summed E-state index contributed by atoms with van der Waals surface area (Å²) in [5.74, 6) is 4.47. The summed E-state index contributed by atoms with van der Waals surface area (Å²) >= 11 is -2.86. The van der Waals surface area contributed by atoms with Crippen LogP contribution in [-0.4, -0.2) is 39.0 Å². The molecular weight excluding hydrogens is 405 g/mol. The van der Waals surface area contributed by atoms with Crippen molar-refractivity contribution >= 4 is 27.5 Å². The van der Waals surface area contributed by atoms with E-state index in [2.05, 4.69) is 30.6 Å². The number of hydrogen-bond acceptors (Lipinski definition) is 3. The van der Waals surface area contributed by atoms with E-state index in [1.54, 1.807) is 12.1 Å². The van der Waals surface area contributed by atoms with Crippen LogP contribution in [0.25, 0.3) is 0 Å². The van der Waals surface area contributed by atoms with E-state index in [1.165, 1.54) is 4.40 Å². The van der Waals surface area contributed by atoms with Crippen molar-refractivity contribution in [1.82, 2.24) is 0 Å². The summed E-state index contributed by atoms with van der Waals surface area (Å²) in [5.41, 5.74) is 0.124. The van der Waals surface area contributed by atoms with E-state index < -0.39 is 23.1 Å². The summed E-state index contributed by atoms with van der Waals surface area (Å²) in [5, 5.41) is 0. The third kappa shape index (κ3) is 3.92. The van der Waals surface area contributed by atoms with E-state index in [0.29, 0.717) is 11.3 Å². The molecule has 140 valence electrons. The fourth-order valence-corrected chi connectivity index (χ4v) is 17.1. The first-order valence-corrected chi connectivity index (χ1v) is 17.2. The minimum absolute atomic E-state index is 0.124. The van der Waals surface area contributed by atoms with Gasteiger partial charge in [0.15, 0.2) is 0 Å². The molecule has 1 saturated heterocycles. The van der Waals surface area contributed by atoms with Crippen LogP contribution in [0.3, 0.4) is 0 Å². The van der Waals surface area contributed by atoms with Crippen LogP contribution in [0.15, 0.2) is 65.6 Å². The molecule has 1 aliphatic rings. The van der Waals surface area contributed by atoms with Gasteiger partial charge in [0.2, 0.25) is 0 Å². The molecule has 3 rings (SSSR count). The third-order valence-electron chi connectivity index (χ3n) is 5.68. The topological polar surface area (TPSA) is 43.4 Å². The normalized spacial score (nSPS) is 18.1. The molecule has 1 unspecified atom stereocenters. The van der Waals surface area contributed by atoms with Crippen LogP contribution in [0, 0.1) is 5.41 Å². The minimum atomic E-state index is -3.37. The zero-order valence-electron chi connectivity index (χ0n) is 15.8. The molecule has 0 N–H and O–H groups in total. The second kappa shape index (κ2) is 7.49. The molecule has 1 atom stereocenters. The quantitative estimate of drug-likeness (QED) is 0.625. The van der Waals surface area contributed by atoms with Crippen LogP contribution in [0.1, 0.15) is 19.8 Å². The molecule has 0 saturated carbocycles. The van der Waals surface area contributed by atoms with Gasteiger partial charge in [0.1, 0.15) is 0 Å². The first kappa shape index (κ1) is 19.6. The Morgan fingerprint density at radius 1 is 1.00 bits per heavy atom. The van der Waals surface area contributed by atoms with Gasteiger partial charge >= 0.3 is 160 Å². The summed E-state index contributed by atoms with van der Waals surface area (Å²) in [7, 11) is -3.37. The van der Waals surface area contributed by atoms with Crippen molar-refractivity contribution in [2.75, 3.05) is 13.2 Å². The molecule has 3 nitrogen and oxygen atoms in total. The van der Waals surface area contributed by atoms with Crippen LogP contribution in [-0.2, 0) is 14.6 Å². The predicted molar refractivity (Wildman–Crippen MR) is 109 cm³/mol. The van der Waals surface area contributed by atoms with Crippen LogP contribution < -0.4 is 4.40 Å². The number of benzene rings is 2. The van der Waals surface area contributed by atoms with Crippen molar-refractivity contribution in [1.29, 1.82) is 0 Å². The van der Waals surface area contributed by atoms with E-state index >= 15 is 0 Å². The third-order valence-corrected chi connectivity index (χ3v) is 20.4. The van der Waals surface area contributed by atoms with Gasteiger partial charge in [0.25, 0.3) is 0 Å².